The second-order valence-electron chi connectivity index (χ2n) is 5.02. The SMILES string of the molecule is CN=c1scc(-c2cccs2)n1N=Cc1ccc(C)cc1C. The van der Waals surface area contributed by atoms with Gasteiger partial charge in [-0.1, -0.05) is 29.8 Å². The molecule has 0 unspecified atom stereocenters. The molecule has 0 bridgehead atoms. The van der Waals surface area contributed by atoms with E-state index in [4.69, 9.17) is 0 Å². The van der Waals surface area contributed by atoms with Gasteiger partial charge in [0.25, 0.3) is 0 Å². The fourth-order valence-corrected chi connectivity index (χ4v) is 3.84. The van der Waals surface area contributed by atoms with Gasteiger partial charge in [-0.3, -0.25) is 4.99 Å². The molecule has 0 saturated heterocycles. The van der Waals surface area contributed by atoms with Crippen molar-refractivity contribution in [1.82, 2.24) is 4.68 Å². The van der Waals surface area contributed by atoms with E-state index < -0.39 is 0 Å². The van der Waals surface area contributed by atoms with Gasteiger partial charge in [-0.15, -0.1) is 22.7 Å². The molecular formula is C17H17N3S2. The molecule has 3 aromatic rings. The topological polar surface area (TPSA) is 29.6 Å². The Hall–Kier alpha value is -1.98. The van der Waals surface area contributed by atoms with Gasteiger partial charge in [-0.2, -0.15) is 5.10 Å². The van der Waals surface area contributed by atoms with Crippen molar-refractivity contribution in [2.24, 2.45) is 10.1 Å². The first kappa shape index (κ1) is 14.9. The summed E-state index contributed by atoms with van der Waals surface area (Å²) in [6.45, 7) is 4.21. The van der Waals surface area contributed by atoms with Crippen molar-refractivity contribution in [3.63, 3.8) is 0 Å². The van der Waals surface area contributed by atoms with Crippen LogP contribution in [0.25, 0.3) is 10.6 Å². The Labute approximate surface area is 137 Å². The molecule has 112 valence electrons. The molecule has 0 radical (unpaired) electrons. The van der Waals surface area contributed by atoms with Crippen LogP contribution in [-0.2, 0) is 0 Å². The first-order chi connectivity index (χ1) is 10.7. The molecule has 0 aliphatic heterocycles. The normalized spacial score (nSPS) is 12.4. The summed E-state index contributed by atoms with van der Waals surface area (Å²) in [5.41, 5.74) is 4.71. The second-order valence-corrected chi connectivity index (χ2v) is 6.81. The average molecular weight is 327 g/mol. The molecule has 2 heterocycles. The van der Waals surface area contributed by atoms with Crippen LogP contribution < -0.4 is 4.80 Å². The molecule has 3 rings (SSSR count). The van der Waals surface area contributed by atoms with Gasteiger partial charge in [0.2, 0.25) is 4.80 Å². The van der Waals surface area contributed by atoms with E-state index in [1.807, 2.05) is 10.9 Å². The molecule has 2 aromatic heterocycles. The van der Waals surface area contributed by atoms with Gasteiger partial charge in [-0.05, 0) is 36.4 Å². The lowest BCUT2D eigenvalue weighted by Crippen LogP contribution is -2.11. The van der Waals surface area contributed by atoms with Gasteiger partial charge in [0.05, 0.1) is 16.8 Å². The number of hydrogen-bond acceptors (Lipinski definition) is 4. The molecule has 0 fully saturated rings. The minimum Gasteiger partial charge on any atom is -0.261 e. The fraction of sp³-hybridized carbons (Fsp3) is 0.176. The lowest BCUT2D eigenvalue weighted by molar-refractivity contribution is 0.850. The Kier molecular flexibility index (Phi) is 4.36. The van der Waals surface area contributed by atoms with Crippen LogP contribution in [0.3, 0.4) is 0 Å². The molecule has 0 N–H and O–H groups in total. The zero-order valence-electron chi connectivity index (χ0n) is 12.8. The minimum absolute atomic E-state index is 0.893. The maximum absolute atomic E-state index is 4.67. The molecule has 5 heteroatoms. The standard InChI is InChI=1S/C17H17N3S2/c1-12-6-7-14(13(2)9-12)10-19-20-15(11-22-17(20)18-3)16-5-4-8-21-16/h4-11H,1-3H3. The highest BCUT2D eigenvalue weighted by molar-refractivity contribution is 7.14. The van der Waals surface area contributed by atoms with Crippen LogP contribution in [0, 0.1) is 13.8 Å². The predicted molar refractivity (Wildman–Crippen MR) is 96.0 cm³/mol. The van der Waals surface area contributed by atoms with Gasteiger partial charge in [0.1, 0.15) is 0 Å². The van der Waals surface area contributed by atoms with Crippen molar-refractivity contribution < 1.29 is 0 Å². The number of aromatic nitrogens is 1. The smallest absolute Gasteiger partial charge is 0.205 e. The molecule has 3 nitrogen and oxygen atoms in total. The van der Waals surface area contributed by atoms with Gasteiger partial charge < -0.3 is 0 Å². The number of hydrogen-bond donors (Lipinski definition) is 0. The molecule has 0 aliphatic rings. The second kappa shape index (κ2) is 6.42. The molecule has 0 aliphatic carbocycles. The highest BCUT2D eigenvalue weighted by atomic mass is 32.1. The number of aryl methyl sites for hydroxylation is 2. The van der Waals surface area contributed by atoms with Crippen molar-refractivity contribution in [1.29, 1.82) is 0 Å². The predicted octanol–water partition coefficient (Wildman–Crippen LogP) is 4.31. The van der Waals surface area contributed by atoms with Crippen LogP contribution in [0.15, 0.2) is 51.2 Å². The van der Waals surface area contributed by atoms with Crippen molar-refractivity contribution in [3.8, 4) is 10.6 Å². The Bertz CT molecular complexity index is 868. The van der Waals surface area contributed by atoms with E-state index in [-0.39, 0.29) is 0 Å². The van der Waals surface area contributed by atoms with Crippen LogP contribution in [0.1, 0.15) is 16.7 Å². The van der Waals surface area contributed by atoms with Crippen LogP contribution in [-0.4, -0.2) is 17.9 Å². The lowest BCUT2D eigenvalue weighted by Gasteiger charge is -2.03. The number of nitrogens with zero attached hydrogens (tertiary/aromatic N) is 3. The third-order valence-electron chi connectivity index (χ3n) is 3.39. The first-order valence-electron chi connectivity index (χ1n) is 6.98. The third kappa shape index (κ3) is 2.96. The molecule has 22 heavy (non-hydrogen) atoms. The number of rotatable bonds is 3. The van der Waals surface area contributed by atoms with Crippen molar-refractivity contribution >= 4 is 28.9 Å². The average Bonchev–Trinajstić information content (AvgIpc) is 3.15. The van der Waals surface area contributed by atoms with E-state index in [2.05, 4.69) is 65.0 Å². The highest BCUT2D eigenvalue weighted by Gasteiger charge is 2.07. The van der Waals surface area contributed by atoms with E-state index in [9.17, 15) is 0 Å². The van der Waals surface area contributed by atoms with Crippen LogP contribution in [0.2, 0.25) is 0 Å². The van der Waals surface area contributed by atoms with Gasteiger partial charge in [0.15, 0.2) is 0 Å². The van der Waals surface area contributed by atoms with Gasteiger partial charge >= 0.3 is 0 Å². The molecule has 1 aromatic carbocycles. The van der Waals surface area contributed by atoms with Crippen molar-refractivity contribution in [2.45, 2.75) is 13.8 Å². The minimum atomic E-state index is 0.893. The Morgan fingerprint density at radius 1 is 1.14 bits per heavy atom. The summed E-state index contributed by atoms with van der Waals surface area (Å²) in [5.74, 6) is 0. The summed E-state index contributed by atoms with van der Waals surface area (Å²) in [7, 11) is 1.80. The highest BCUT2D eigenvalue weighted by Crippen LogP contribution is 2.25. The van der Waals surface area contributed by atoms with E-state index in [0.29, 0.717) is 0 Å². The number of thiazole rings is 1. The summed E-state index contributed by atoms with van der Waals surface area (Å²) in [6.07, 6.45) is 1.91. The molecule has 0 spiro atoms. The third-order valence-corrected chi connectivity index (χ3v) is 5.19. The lowest BCUT2D eigenvalue weighted by atomic mass is 10.1. The fourth-order valence-electron chi connectivity index (χ4n) is 2.25. The van der Waals surface area contributed by atoms with E-state index >= 15 is 0 Å². The van der Waals surface area contributed by atoms with Crippen LogP contribution in [0.4, 0.5) is 0 Å². The monoisotopic (exact) mass is 327 g/mol. The summed E-state index contributed by atoms with van der Waals surface area (Å²) in [4.78, 5) is 6.41. The van der Waals surface area contributed by atoms with E-state index in [0.717, 1.165) is 16.1 Å². The summed E-state index contributed by atoms with van der Waals surface area (Å²) >= 11 is 3.32. The molecule has 0 atom stereocenters. The Morgan fingerprint density at radius 3 is 2.68 bits per heavy atom. The maximum Gasteiger partial charge on any atom is 0.205 e. The Morgan fingerprint density at radius 2 is 2.00 bits per heavy atom. The van der Waals surface area contributed by atoms with Crippen molar-refractivity contribution in [2.75, 3.05) is 7.05 Å². The van der Waals surface area contributed by atoms with E-state index in [1.54, 1.807) is 29.7 Å². The van der Waals surface area contributed by atoms with Crippen LogP contribution >= 0.6 is 22.7 Å². The van der Waals surface area contributed by atoms with Crippen molar-refractivity contribution in [3.05, 3.63) is 62.6 Å². The summed E-state index contributed by atoms with van der Waals surface area (Å²) < 4.78 is 1.91. The summed E-state index contributed by atoms with van der Waals surface area (Å²) in [6, 6.07) is 10.5. The van der Waals surface area contributed by atoms with E-state index in [1.165, 1.54) is 16.0 Å². The number of benzene rings is 1. The Balaban J connectivity index is 2.05. The zero-order valence-corrected chi connectivity index (χ0v) is 14.4. The largest absolute Gasteiger partial charge is 0.261 e. The zero-order chi connectivity index (χ0) is 15.5. The van der Waals surface area contributed by atoms with Gasteiger partial charge in [0, 0.05) is 12.4 Å². The van der Waals surface area contributed by atoms with Gasteiger partial charge in [-0.25, -0.2) is 4.68 Å². The maximum atomic E-state index is 4.67. The molecule has 0 saturated carbocycles. The van der Waals surface area contributed by atoms with Crippen LogP contribution in [0.5, 0.6) is 0 Å². The number of thiophene rings is 1. The molecule has 0 amide bonds. The quantitative estimate of drug-likeness (QED) is 0.642. The first-order valence-corrected chi connectivity index (χ1v) is 8.74. The molecular weight excluding hydrogens is 310 g/mol. The summed E-state index contributed by atoms with van der Waals surface area (Å²) in [5, 5.41) is 8.85.